The average molecular weight is 393 g/mol. The summed E-state index contributed by atoms with van der Waals surface area (Å²) in [6.07, 6.45) is 7.86. The largest absolute Gasteiger partial charge is 0.497 e. The molecule has 6 nitrogen and oxygen atoms in total. The molecule has 0 aliphatic rings. The van der Waals surface area contributed by atoms with E-state index in [1.165, 1.54) is 0 Å². The summed E-state index contributed by atoms with van der Waals surface area (Å²) in [5.41, 5.74) is 2.05. The molecule has 152 valence electrons. The molecule has 0 saturated carbocycles. The minimum atomic E-state index is -0.124. The number of imidazole rings is 1. The Hall–Kier alpha value is -3.25. The van der Waals surface area contributed by atoms with Gasteiger partial charge in [0, 0.05) is 37.6 Å². The van der Waals surface area contributed by atoms with Crippen LogP contribution >= 0.6 is 0 Å². The molecule has 0 radical (unpaired) electrons. The molecule has 0 spiro atoms. The van der Waals surface area contributed by atoms with Crippen molar-refractivity contribution < 1.29 is 14.2 Å². The number of rotatable bonds is 9. The van der Waals surface area contributed by atoms with Gasteiger partial charge in [-0.3, -0.25) is 0 Å². The van der Waals surface area contributed by atoms with Crippen LogP contribution in [0.5, 0.6) is 17.2 Å². The maximum absolute atomic E-state index is 5.44. The maximum Gasteiger partial charge on any atom is 0.130 e. The highest BCUT2D eigenvalue weighted by Gasteiger charge is 2.19. The smallest absolute Gasteiger partial charge is 0.130 e. The molecule has 0 aliphatic heterocycles. The Morgan fingerprint density at radius 3 is 2.38 bits per heavy atom. The van der Waals surface area contributed by atoms with Crippen molar-refractivity contribution in [2.75, 3.05) is 27.9 Å². The summed E-state index contributed by atoms with van der Waals surface area (Å²) in [6.45, 7) is 0.648. The lowest BCUT2D eigenvalue weighted by molar-refractivity contribution is 0.392. The Bertz CT molecular complexity index is 943. The second-order valence-electron chi connectivity index (χ2n) is 6.53. The van der Waals surface area contributed by atoms with Crippen LogP contribution in [0.4, 0.5) is 0 Å². The molecule has 1 atom stereocenters. The van der Waals surface area contributed by atoms with Crippen molar-refractivity contribution >= 4 is 6.08 Å². The predicted molar refractivity (Wildman–Crippen MR) is 115 cm³/mol. The van der Waals surface area contributed by atoms with Crippen LogP contribution in [0, 0.1) is 0 Å². The molecular weight excluding hydrogens is 366 g/mol. The lowest BCUT2D eigenvalue weighted by Gasteiger charge is -2.20. The Balaban J connectivity index is 1.84. The zero-order chi connectivity index (χ0) is 20.6. The lowest BCUT2D eigenvalue weighted by atomic mass is 10.0. The van der Waals surface area contributed by atoms with Crippen molar-refractivity contribution in [3.05, 3.63) is 77.9 Å². The van der Waals surface area contributed by atoms with E-state index in [0.717, 1.165) is 34.2 Å². The van der Waals surface area contributed by atoms with Crippen molar-refractivity contribution in [1.29, 1.82) is 0 Å². The van der Waals surface area contributed by atoms with Gasteiger partial charge >= 0.3 is 0 Å². The third-order valence-electron chi connectivity index (χ3n) is 4.70. The number of methoxy groups -OCH3 is 3. The summed E-state index contributed by atoms with van der Waals surface area (Å²) in [5, 5.41) is 3.57. The van der Waals surface area contributed by atoms with Crippen molar-refractivity contribution in [3.63, 3.8) is 0 Å². The molecule has 0 saturated heterocycles. The van der Waals surface area contributed by atoms with E-state index >= 15 is 0 Å². The van der Waals surface area contributed by atoms with E-state index in [1.54, 1.807) is 27.5 Å². The zero-order valence-electron chi connectivity index (χ0n) is 17.3. The number of aryl methyl sites for hydroxylation is 1. The van der Waals surface area contributed by atoms with E-state index in [4.69, 9.17) is 14.2 Å². The first kappa shape index (κ1) is 20.5. The Labute approximate surface area is 171 Å². The van der Waals surface area contributed by atoms with Gasteiger partial charge in [0.25, 0.3) is 0 Å². The number of nitrogens with one attached hydrogen (secondary N) is 1. The van der Waals surface area contributed by atoms with E-state index < -0.39 is 0 Å². The molecule has 2 aromatic carbocycles. The first-order chi connectivity index (χ1) is 14.2. The topological polar surface area (TPSA) is 57.5 Å². The Morgan fingerprint density at radius 1 is 1.03 bits per heavy atom. The molecule has 3 aromatic rings. The maximum atomic E-state index is 5.44. The molecule has 0 fully saturated rings. The van der Waals surface area contributed by atoms with Gasteiger partial charge < -0.3 is 24.1 Å². The van der Waals surface area contributed by atoms with E-state index in [0.29, 0.717) is 6.54 Å². The molecule has 1 unspecified atom stereocenters. The first-order valence-corrected chi connectivity index (χ1v) is 9.39. The first-order valence-electron chi connectivity index (χ1n) is 9.39. The zero-order valence-corrected chi connectivity index (χ0v) is 17.3. The molecule has 0 bridgehead atoms. The molecule has 1 heterocycles. The standard InChI is InChI=1S/C23H27N3O3/c1-26-13-12-25-23(26)22(18-14-19(27-2)16-20(15-18)28-3)24-11-7-9-17-8-5-6-10-21(17)29-4/h5-10,12-16,22,24H,11H2,1-4H3/b9-7+. The van der Waals surface area contributed by atoms with Gasteiger partial charge in [0.1, 0.15) is 23.1 Å². The van der Waals surface area contributed by atoms with Crippen LogP contribution in [0.3, 0.4) is 0 Å². The predicted octanol–water partition coefficient (Wildman–Crippen LogP) is 3.84. The monoisotopic (exact) mass is 393 g/mol. The minimum Gasteiger partial charge on any atom is -0.497 e. The summed E-state index contributed by atoms with van der Waals surface area (Å²) in [6, 6.07) is 13.7. The van der Waals surface area contributed by atoms with Crippen LogP contribution < -0.4 is 19.5 Å². The number of ether oxygens (including phenoxy) is 3. The molecule has 0 aliphatic carbocycles. The van der Waals surface area contributed by atoms with Crippen LogP contribution in [0.15, 0.2) is 60.9 Å². The lowest BCUT2D eigenvalue weighted by Crippen LogP contribution is -2.25. The number of nitrogens with zero attached hydrogens (tertiary/aromatic N) is 2. The van der Waals surface area contributed by atoms with Crippen molar-refractivity contribution in [2.45, 2.75) is 6.04 Å². The van der Waals surface area contributed by atoms with Gasteiger partial charge in [0.2, 0.25) is 0 Å². The number of hydrogen-bond donors (Lipinski definition) is 1. The number of aromatic nitrogens is 2. The van der Waals surface area contributed by atoms with Crippen LogP contribution in [0.25, 0.3) is 6.08 Å². The van der Waals surface area contributed by atoms with Gasteiger partial charge in [-0.1, -0.05) is 30.4 Å². The molecule has 3 rings (SSSR count). The van der Waals surface area contributed by atoms with Crippen LogP contribution in [-0.4, -0.2) is 37.4 Å². The minimum absolute atomic E-state index is 0.124. The summed E-state index contributed by atoms with van der Waals surface area (Å²) < 4.78 is 18.3. The highest BCUT2D eigenvalue weighted by Crippen LogP contribution is 2.29. The quantitative estimate of drug-likeness (QED) is 0.599. The van der Waals surface area contributed by atoms with Crippen LogP contribution in [0.2, 0.25) is 0 Å². The van der Waals surface area contributed by atoms with E-state index in [9.17, 15) is 0 Å². The van der Waals surface area contributed by atoms with Crippen LogP contribution in [-0.2, 0) is 7.05 Å². The normalized spacial score (nSPS) is 12.1. The van der Waals surface area contributed by atoms with Gasteiger partial charge in [-0.25, -0.2) is 4.98 Å². The summed E-state index contributed by atoms with van der Waals surface area (Å²) in [4.78, 5) is 4.54. The SMILES string of the molecule is COc1cc(OC)cc(C(NC/C=C/c2ccccc2OC)c2nccn2C)c1. The van der Waals surface area contributed by atoms with Gasteiger partial charge in [-0.2, -0.15) is 0 Å². The van der Waals surface area contributed by atoms with E-state index in [1.807, 2.05) is 66.4 Å². The fraction of sp³-hybridized carbons (Fsp3) is 0.261. The number of hydrogen-bond acceptors (Lipinski definition) is 5. The van der Waals surface area contributed by atoms with E-state index in [-0.39, 0.29) is 6.04 Å². The molecule has 0 amide bonds. The highest BCUT2D eigenvalue weighted by atomic mass is 16.5. The molecule has 1 aromatic heterocycles. The Morgan fingerprint density at radius 2 is 1.76 bits per heavy atom. The second kappa shape index (κ2) is 9.80. The van der Waals surface area contributed by atoms with Crippen LogP contribution in [0.1, 0.15) is 23.0 Å². The van der Waals surface area contributed by atoms with Crippen molar-refractivity contribution in [2.24, 2.45) is 7.05 Å². The fourth-order valence-electron chi connectivity index (χ4n) is 3.19. The third kappa shape index (κ3) is 4.97. The highest BCUT2D eigenvalue weighted by molar-refractivity contribution is 5.57. The number of para-hydroxylation sites is 1. The summed E-state index contributed by atoms with van der Waals surface area (Å²) in [5.74, 6) is 3.24. The van der Waals surface area contributed by atoms with Gasteiger partial charge in [-0.15, -0.1) is 0 Å². The van der Waals surface area contributed by atoms with Crippen molar-refractivity contribution in [1.82, 2.24) is 14.9 Å². The third-order valence-corrected chi connectivity index (χ3v) is 4.70. The molecule has 1 N–H and O–H groups in total. The summed E-state index contributed by atoms with van der Waals surface area (Å²) >= 11 is 0. The molecule has 29 heavy (non-hydrogen) atoms. The fourth-order valence-corrected chi connectivity index (χ4v) is 3.19. The van der Waals surface area contributed by atoms with Gasteiger partial charge in [0.15, 0.2) is 0 Å². The van der Waals surface area contributed by atoms with Gasteiger partial charge in [0.05, 0.1) is 27.4 Å². The van der Waals surface area contributed by atoms with E-state index in [2.05, 4.69) is 16.4 Å². The average Bonchev–Trinajstić information content (AvgIpc) is 3.19. The van der Waals surface area contributed by atoms with Crippen molar-refractivity contribution in [3.8, 4) is 17.2 Å². The number of benzene rings is 2. The van der Waals surface area contributed by atoms with Gasteiger partial charge in [-0.05, 0) is 23.8 Å². The molecule has 6 heteroatoms. The Kier molecular flexibility index (Phi) is 6.92. The summed E-state index contributed by atoms with van der Waals surface area (Å²) in [7, 11) is 6.97. The second-order valence-corrected chi connectivity index (χ2v) is 6.53. The molecular formula is C23H27N3O3.